The highest BCUT2D eigenvalue weighted by Gasteiger charge is 2.41. The predicted octanol–water partition coefficient (Wildman–Crippen LogP) is 3.38. The van der Waals surface area contributed by atoms with Crippen LogP contribution in [0.4, 0.5) is 0 Å². The molecule has 0 aromatic heterocycles. The van der Waals surface area contributed by atoms with Crippen molar-refractivity contribution in [2.24, 2.45) is 5.41 Å². The van der Waals surface area contributed by atoms with Crippen LogP contribution in [0.15, 0.2) is 42.5 Å². The van der Waals surface area contributed by atoms with Crippen molar-refractivity contribution in [3.05, 3.63) is 48.0 Å². The number of fused-ring (bicyclic) bond motifs is 1. The number of hydrogen-bond acceptors (Lipinski definition) is 1. The van der Waals surface area contributed by atoms with Crippen LogP contribution in [0.2, 0.25) is 0 Å². The van der Waals surface area contributed by atoms with Crippen LogP contribution in [0.5, 0.6) is 0 Å². The fraction of sp³-hybridized carbons (Fsp3) is 0.375. The summed E-state index contributed by atoms with van der Waals surface area (Å²) >= 11 is 0. The van der Waals surface area contributed by atoms with Gasteiger partial charge in [0.2, 0.25) is 0 Å². The second-order valence-electron chi connectivity index (χ2n) is 5.35. The minimum absolute atomic E-state index is 0.541. The Morgan fingerprint density at radius 1 is 1.06 bits per heavy atom. The molecule has 1 aliphatic rings. The van der Waals surface area contributed by atoms with Gasteiger partial charge in [0.25, 0.3) is 0 Å². The van der Waals surface area contributed by atoms with E-state index in [1.54, 1.807) is 0 Å². The summed E-state index contributed by atoms with van der Waals surface area (Å²) in [6.45, 7) is 1.15. The molecule has 0 spiro atoms. The number of nitrogens with one attached hydrogen (secondary N) is 1. The van der Waals surface area contributed by atoms with Gasteiger partial charge in [0, 0.05) is 6.54 Å². The highest BCUT2D eigenvalue weighted by molar-refractivity contribution is 5.85. The normalized spacial score (nSPS) is 17.2. The fourth-order valence-electron chi connectivity index (χ4n) is 2.82. The molecule has 2 aromatic rings. The van der Waals surface area contributed by atoms with E-state index < -0.39 is 0 Å². The summed E-state index contributed by atoms with van der Waals surface area (Å²) in [7, 11) is 2.06. The topological polar surface area (TPSA) is 12.0 Å². The van der Waals surface area contributed by atoms with Crippen LogP contribution >= 0.6 is 0 Å². The maximum atomic E-state index is 3.34. The molecule has 1 N–H and O–H groups in total. The molecule has 0 amide bonds. The molecular formula is C16H19N. The average molecular weight is 225 g/mol. The van der Waals surface area contributed by atoms with Gasteiger partial charge in [-0.05, 0) is 48.1 Å². The monoisotopic (exact) mass is 225 g/mol. The molecule has 1 nitrogen and oxygen atoms in total. The van der Waals surface area contributed by atoms with Gasteiger partial charge in [-0.3, -0.25) is 0 Å². The van der Waals surface area contributed by atoms with Crippen LogP contribution in [-0.2, 0) is 6.42 Å². The molecule has 3 rings (SSSR count). The lowest BCUT2D eigenvalue weighted by atomic mass is 9.93. The van der Waals surface area contributed by atoms with E-state index in [-0.39, 0.29) is 0 Å². The van der Waals surface area contributed by atoms with Gasteiger partial charge in [0.1, 0.15) is 0 Å². The van der Waals surface area contributed by atoms with Crippen molar-refractivity contribution in [3.63, 3.8) is 0 Å². The summed E-state index contributed by atoms with van der Waals surface area (Å²) in [5, 5.41) is 6.13. The van der Waals surface area contributed by atoms with Gasteiger partial charge in [-0.2, -0.15) is 0 Å². The molecule has 0 aliphatic heterocycles. The quantitative estimate of drug-likeness (QED) is 0.841. The second kappa shape index (κ2) is 4.15. The van der Waals surface area contributed by atoms with Crippen LogP contribution in [0.25, 0.3) is 10.8 Å². The number of rotatable bonds is 4. The van der Waals surface area contributed by atoms with E-state index in [1.165, 1.54) is 35.6 Å². The SMILES string of the molecule is CNCC1(Cc2cccc3ccccc23)CC1. The van der Waals surface area contributed by atoms with E-state index in [1.807, 2.05) is 0 Å². The van der Waals surface area contributed by atoms with Crippen LogP contribution in [-0.4, -0.2) is 13.6 Å². The van der Waals surface area contributed by atoms with Crippen LogP contribution in [0.1, 0.15) is 18.4 Å². The number of benzene rings is 2. The number of hydrogen-bond donors (Lipinski definition) is 1. The van der Waals surface area contributed by atoms with Crippen LogP contribution in [0.3, 0.4) is 0 Å². The first kappa shape index (κ1) is 10.8. The molecule has 1 heteroatoms. The molecule has 2 aromatic carbocycles. The first-order valence-corrected chi connectivity index (χ1v) is 6.44. The maximum absolute atomic E-state index is 3.34. The summed E-state index contributed by atoms with van der Waals surface area (Å²) < 4.78 is 0. The molecule has 0 heterocycles. The molecule has 1 aliphatic carbocycles. The van der Waals surface area contributed by atoms with Crippen molar-refractivity contribution >= 4 is 10.8 Å². The fourth-order valence-corrected chi connectivity index (χ4v) is 2.82. The Balaban J connectivity index is 1.95. The molecule has 0 atom stereocenters. The van der Waals surface area contributed by atoms with Crippen molar-refractivity contribution < 1.29 is 0 Å². The Morgan fingerprint density at radius 3 is 2.59 bits per heavy atom. The third-order valence-electron chi connectivity index (χ3n) is 3.95. The van der Waals surface area contributed by atoms with E-state index >= 15 is 0 Å². The Bertz CT molecular complexity index is 521. The largest absolute Gasteiger partial charge is 0.319 e. The van der Waals surface area contributed by atoms with Crippen molar-refractivity contribution in [3.8, 4) is 0 Å². The lowest BCUT2D eigenvalue weighted by Crippen LogP contribution is -2.22. The summed E-state index contributed by atoms with van der Waals surface area (Å²) in [4.78, 5) is 0. The van der Waals surface area contributed by atoms with Gasteiger partial charge in [-0.1, -0.05) is 42.5 Å². The smallest absolute Gasteiger partial charge is 0.000800 e. The Labute approximate surface area is 103 Å². The summed E-state index contributed by atoms with van der Waals surface area (Å²) in [6, 6.07) is 15.4. The van der Waals surface area contributed by atoms with Crippen molar-refractivity contribution in [2.75, 3.05) is 13.6 Å². The highest BCUT2D eigenvalue weighted by Crippen LogP contribution is 2.48. The molecular weight excluding hydrogens is 206 g/mol. The van der Waals surface area contributed by atoms with Gasteiger partial charge in [-0.15, -0.1) is 0 Å². The first-order chi connectivity index (χ1) is 8.33. The average Bonchev–Trinajstić information content (AvgIpc) is 3.10. The van der Waals surface area contributed by atoms with Crippen LogP contribution in [0, 0.1) is 5.41 Å². The summed E-state index contributed by atoms with van der Waals surface area (Å²) in [5.41, 5.74) is 2.05. The Kier molecular flexibility index (Phi) is 2.64. The zero-order chi connectivity index (χ0) is 11.7. The minimum atomic E-state index is 0.541. The van der Waals surface area contributed by atoms with E-state index in [0.29, 0.717) is 5.41 Å². The molecule has 1 saturated carbocycles. The Morgan fingerprint density at radius 2 is 1.82 bits per heavy atom. The van der Waals surface area contributed by atoms with Gasteiger partial charge in [0.15, 0.2) is 0 Å². The molecule has 0 radical (unpaired) electrons. The Hall–Kier alpha value is -1.34. The molecule has 0 saturated heterocycles. The van der Waals surface area contributed by atoms with Crippen LogP contribution < -0.4 is 5.32 Å². The van der Waals surface area contributed by atoms with Crippen molar-refractivity contribution in [2.45, 2.75) is 19.3 Å². The van der Waals surface area contributed by atoms with Gasteiger partial charge in [-0.25, -0.2) is 0 Å². The molecule has 17 heavy (non-hydrogen) atoms. The third-order valence-corrected chi connectivity index (χ3v) is 3.95. The third kappa shape index (κ3) is 2.07. The summed E-state index contributed by atoms with van der Waals surface area (Å²) in [5.74, 6) is 0. The molecule has 0 bridgehead atoms. The van der Waals surface area contributed by atoms with Gasteiger partial charge < -0.3 is 5.32 Å². The van der Waals surface area contributed by atoms with E-state index in [4.69, 9.17) is 0 Å². The van der Waals surface area contributed by atoms with Gasteiger partial charge >= 0.3 is 0 Å². The minimum Gasteiger partial charge on any atom is -0.319 e. The lowest BCUT2D eigenvalue weighted by Gasteiger charge is -2.16. The van der Waals surface area contributed by atoms with E-state index in [9.17, 15) is 0 Å². The molecule has 0 unspecified atom stereocenters. The van der Waals surface area contributed by atoms with E-state index in [0.717, 1.165) is 6.54 Å². The van der Waals surface area contributed by atoms with Gasteiger partial charge in [0.05, 0.1) is 0 Å². The second-order valence-corrected chi connectivity index (χ2v) is 5.35. The van der Waals surface area contributed by atoms with Crippen molar-refractivity contribution in [1.82, 2.24) is 5.32 Å². The standard InChI is InChI=1S/C16H19N/c1-17-12-16(9-10-16)11-14-7-4-6-13-5-2-3-8-15(13)14/h2-8,17H,9-12H2,1H3. The molecule has 88 valence electrons. The van der Waals surface area contributed by atoms with Crippen molar-refractivity contribution in [1.29, 1.82) is 0 Å². The zero-order valence-corrected chi connectivity index (χ0v) is 10.4. The predicted molar refractivity (Wildman–Crippen MR) is 73.2 cm³/mol. The maximum Gasteiger partial charge on any atom is 0.000800 e. The zero-order valence-electron chi connectivity index (χ0n) is 10.4. The lowest BCUT2D eigenvalue weighted by molar-refractivity contribution is 0.480. The summed E-state index contributed by atoms with van der Waals surface area (Å²) in [6.07, 6.45) is 3.96. The first-order valence-electron chi connectivity index (χ1n) is 6.44. The molecule has 1 fully saturated rings. The highest BCUT2D eigenvalue weighted by atomic mass is 14.8. The van der Waals surface area contributed by atoms with E-state index in [2.05, 4.69) is 54.8 Å².